The number of hydrogen-bond donors (Lipinski definition) is 2. The molecule has 0 saturated carbocycles. The van der Waals surface area contributed by atoms with Gasteiger partial charge in [0.25, 0.3) is 0 Å². The molecule has 2 N–H and O–H groups in total. The van der Waals surface area contributed by atoms with E-state index in [1.54, 1.807) is 0 Å². The molecule has 0 bridgehead atoms. The Morgan fingerprint density at radius 1 is 1.05 bits per heavy atom. The quantitative estimate of drug-likeness (QED) is 0.655. The third kappa shape index (κ3) is 4.65. The number of halogens is 3. The Balaban J connectivity index is 3.14. The lowest BCUT2D eigenvalue weighted by Crippen LogP contribution is -2.40. The fraction of sp³-hybridized carbons (Fsp3) is 0.250. The number of anilines is 1. The van der Waals surface area contributed by atoms with Crippen molar-refractivity contribution < 1.29 is 37.0 Å². The summed E-state index contributed by atoms with van der Waals surface area (Å²) in [6.07, 6.45) is -4.95. The van der Waals surface area contributed by atoms with Crippen LogP contribution in [0.5, 0.6) is 0 Å². The summed E-state index contributed by atoms with van der Waals surface area (Å²) < 4.78 is 45.1. The molecule has 2 amide bonds. The van der Waals surface area contributed by atoms with Crippen LogP contribution in [0, 0.1) is 0 Å². The molecule has 7 nitrogen and oxygen atoms in total. The third-order valence-corrected chi connectivity index (χ3v) is 2.35. The average Bonchev–Trinajstić information content (AvgIpc) is 2.43. The molecule has 1 rings (SSSR count). The second-order valence-electron chi connectivity index (χ2n) is 3.82. The molecule has 0 aliphatic rings. The Hall–Kier alpha value is -2.78. The highest BCUT2D eigenvalue weighted by atomic mass is 19.4. The van der Waals surface area contributed by atoms with Crippen molar-refractivity contribution >= 4 is 23.7 Å². The number of esters is 2. The van der Waals surface area contributed by atoms with Gasteiger partial charge in [-0.05, 0) is 18.2 Å². The minimum absolute atomic E-state index is 0.0718. The first-order valence-electron chi connectivity index (χ1n) is 5.64. The summed E-state index contributed by atoms with van der Waals surface area (Å²) in [5, 5.41) is 2.52. The summed E-state index contributed by atoms with van der Waals surface area (Å²) in [4.78, 5) is 34.1. The number of carbonyl (C=O) groups is 3. The van der Waals surface area contributed by atoms with Crippen LogP contribution in [0.1, 0.15) is 20.7 Å². The second kappa shape index (κ2) is 6.78. The molecule has 1 aromatic rings. The number of benzene rings is 1. The average molecular weight is 320 g/mol. The van der Waals surface area contributed by atoms with Gasteiger partial charge in [0.05, 0.1) is 31.0 Å². The van der Waals surface area contributed by atoms with Crippen molar-refractivity contribution in [2.45, 2.75) is 6.30 Å². The molecule has 0 atom stereocenters. The smallest absolute Gasteiger partial charge is 0.465 e. The number of urea groups is 1. The SMILES string of the molecule is COC(=O)c1ccc(C(=O)OC)c(NC(=O)NC(F)(F)F)c1. The lowest BCUT2D eigenvalue weighted by atomic mass is 10.1. The Bertz CT molecular complexity index is 601. The van der Waals surface area contributed by atoms with Gasteiger partial charge in [-0.3, -0.25) is 0 Å². The zero-order chi connectivity index (χ0) is 16.9. The molecule has 0 aromatic heterocycles. The molecule has 120 valence electrons. The van der Waals surface area contributed by atoms with Gasteiger partial charge in [-0.1, -0.05) is 0 Å². The monoisotopic (exact) mass is 320 g/mol. The molecule has 0 unspecified atom stereocenters. The fourth-order valence-corrected chi connectivity index (χ4v) is 1.46. The zero-order valence-electron chi connectivity index (χ0n) is 11.4. The van der Waals surface area contributed by atoms with Gasteiger partial charge in [0.15, 0.2) is 0 Å². The molecule has 1 aromatic carbocycles. The Kier molecular flexibility index (Phi) is 5.33. The van der Waals surface area contributed by atoms with Gasteiger partial charge < -0.3 is 14.8 Å². The predicted octanol–water partition coefficient (Wildman–Crippen LogP) is 1.90. The highest BCUT2D eigenvalue weighted by Crippen LogP contribution is 2.20. The lowest BCUT2D eigenvalue weighted by molar-refractivity contribution is -0.144. The summed E-state index contributed by atoms with van der Waals surface area (Å²) in [7, 11) is 2.15. The van der Waals surface area contributed by atoms with E-state index in [1.807, 2.05) is 5.32 Å². The highest BCUT2D eigenvalue weighted by Gasteiger charge is 2.30. The van der Waals surface area contributed by atoms with Crippen LogP contribution in [0.3, 0.4) is 0 Å². The van der Waals surface area contributed by atoms with E-state index < -0.39 is 24.3 Å². The van der Waals surface area contributed by atoms with Crippen LogP contribution in [-0.4, -0.2) is 38.5 Å². The van der Waals surface area contributed by atoms with E-state index in [0.717, 1.165) is 26.4 Å². The number of rotatable bonds is 3. The van der Waals surface area contributed by atoms with Gasteiger partial charge in [-0.15, -0.1) is 0 Å². The maximum Gasteiger partial charge on any atom is 0.485 e. The molecule has 22 heavy (non-hydrogen) atoms. The molecule has 0 radical (unpaired) electrons. The van der Waals surface area contributed by atoms with E-state index in [9.17, 15) is 27.6 Å². The summed E-state index contributed by atoms with van der Waals surface area (Å²) in [5.41, 5.74) is -0.638. The third-order valence-electron chi connectivity index (χ3n) is 2.35. The molecule has 0 aliphatic heterocycles. The lowest BCUT2D eigenvalue weighted by Gasteiger charge is -2.13. The first-order chi connectivity index (χ1) is 10.2. The number of hydrogen-bond acceptors (Lipinski definition) is 5. The second-order valence-corrected chi connectivity index (χ2v) is 3.82. The molecule has 0 spiro atoms. The number of amides is 2. The van der Waals surface area contributed by atoms with Crippen molar-refractivity contribution in [2.75, 3.05) is 19.5 Å². The Morgan fingerprint density at radius 3 is 2.14 bits per heavy atom. The Labute approximate surface area is 122 Å². The van der Waals surface area contributed by atoms with Crippen molar-refractivity contribution in [1.29, 1.82) is 0 Å². The van der Waals surface area contributed by atoms with Gasteiger partial charge >= 0.3 is 24.3 Å². The van der Waals surface area contributed by atoms with E-state index in [-0.39, 0.29) is 16.8 Å². The first kappa shape index (κ1) is 17.3. The molecule has 0 fully saturated rings. The number of carbonyl (C=O) groups excluding carboxylic acids is 3. The number of nitrogens with one attached hydrogen (secondary N) is 2. The van der Waals surface area contributed by atoms with Crippen molar-refractivity contribution in [1.82, 2.24) is 5.32 Å². The van der Waals surface area contributed by atoms with Crippen molar-refractivity contribution in [2.24, 2.45) is 0 Å². The summed E-state index contributed by atoms with van der Waals surface area (Å²) in [6.45, 7) is 0. The molecule has 0 saturated heterocycles. The fourth-order valence-electron chi connectivity index (χ4n) is 1.46. The summed E-state index contributed by atoms with van der Waals surface area (Å²) >= 11 is 0. The Morgan fingerprint density at radius 2 is 1.64 bits per heavy atom. The largest absolute Gasteiger partial charge is 0.485 e. The van der Waals surface area contributed by atoms with Crippen LogP contribution in [0.2, 0.25) is 0 Å². The minimum Gasteiger partial charge on any atom is -0.465 e. The standard InChI is InChI=1S/C12H11F3N2O5/c1-21-9(18)6-3-4-7(10(19)22-2)8(5-6)16-11(20)17-12(13,14)15/h3-5H,1-2H3,(H2,16,17,20). The topological polar surface area (TPSA) is 93.7 Å². The highest BCUT2D eigenvalue weighted by molar-refractivity contribution is 6.03. The van der Waals surface area contributed by atoms with E-state index >= 15 is 0 Å². The molecule has 10 heteroatoms. The van der Waals surface area contributed by atoms with E-state index in [0.29, 0.717) is 5.32 Å². The van der Waals surface area contributed by atoms with Gasteiger partial charge in [-0.25, -0.2) is 19.7 Å². The van der Waals surface area contributed by atoms with E-state index in [4.69, 9.17) is 0 Å². The predicted molar refractivity (Wildman–Crippen MR) is 67.3 cm³/mol. The minimum atomic E-state index is -4.95. The maximum absolute atomic E-state index is 12.1. The van der Waals surface area contributed by atoms with Crippen LogP contribution in [-0.2, 0) is 9.47 Å². The molecule has 0 aliphatic carbocycles. The van der Waals surface area contributed by atoms with E-state index in [2.05, 4.69) is 9.47 Å². The summed E-state index contributed by atoms with van der Waals surface area (Å²) in [5.74, 6) is -1.70. The molecule has 0 heterocycles. The maximum atomic E-state index is 12.1. The van der Waals surface area contributed by atoms with Crippen LogP contribution in [0.4, 0.5) is 23.7 Å². The number of ether oxygens (including phenoxy) is 2. The van der Waals surface area contributed by atoms with Gasteiger partial charge in [0.2, 0.25) is 0 Å². The number of alkyl halides is 3. The summed E-state index contributed by atoms with van der Waals surface area (Å²) in [6, 6.07) is 1.68. The van der Waals surface area contributed by atoms with Crippen molar-refractivity contribution in [3.05, 3.63) is 29.3 Å². The van der Waals surface area contributed by atoms with E-state index in [1.165, 1.54) is 6.07 Å². The van der Waals surface area contributed by atoms with Crippen LogP contribution in [0.15, 0.2) is 18.2 Å². The van der Waals surface area contributed by atoms with Crippen LogP contribution < -0.4 is 10.6 Å². The van der Waals surface area contributed by atoms with Crippen LogP contribution in [0.25, 0.3) is 0 Å². The van der Waals surface area contributed by atoms with Gasteiger partial charge in [-0.2, -0.15) is 13.2 Å². The van der Waals surface area contributed by atoms with Crippen molar-refractivity contribution in [3.63, 3.8) is 0 Å². The normalized spacial score (nSPS) is 10.6. The van der Waals surface area contributed by atoms with Gasteiger partial charge in [0.1, 0.15) is 0 Å². The molecular formula is C12H11F3N2O5. The zero-order valence-corrected chi connectivity index (χ0v) is 11.4. The first-order valence-corrected chi connectivity index (χ1v) is 5.64. The molecular weight excluding hydrogens is 309 g/mol. The van der Waals surface area contributed by atoms with Crippen molar-refractivity contribution in [3.8, 4) is 0 Å². The van der Waals surface area contributed by atoms with Crippen LogP contribution >= 0.6 is 0 Å². The number of methoxy groups -OCH3 is 2. The van der Waals surface area contributed by atoms with Gasteiger partial charge in [0, 0.05) is 0 Å².